The molecule has 0 bridgehead atoms. The SMILES string of the molecule is C.C.CS(=O)(=O)O[C@@H]1C[C@@H](c2ccccc2)n2nc(Br)nc21.Cl[C@H]1C[C@@H](c2ccccc2)n2nc(Br)nc21.N#C[C@H]1C[C@@H](c2ccccc2)n2nc(Br)nc21.O[C@@H]1C[C@@H](c2ccccc2)n2nc(Br)nc21. The Balaban J connectivity index is 0.000000138. The zero-order valence-corrected chi connectivity index (χ0v) is 44.2. The molecule has 0 unspecified atom stereocenters. The third kappa shape index (κ3) is 12.1. The van der Waals surface area contributed by atoms with Crippen molar-refractivity contribution in [3.8, 4) is 6.07 Å². The summed E-state index contributed by atoms with van der Waals surface area (Å²) in [5.74, 6) is 2.60. The van der Waals surface area contributed by atoms with Crippen LogP contribution in [0.25, 0.3) is 0 Å². The van der Waals surface area contributed by atoms with Gasteiger partial charge in [0.2, 0.25) is 18.9 Å². The maximum absolute atomic E-state index is 11.4. The zero-order chi connectivity index (χ0) is 48.4. The Morgan fingerprint density at radius 1 is 0.549 bits per heavy atom. The van der Waals surface area contributed by atoms with E-state index in [1.165, 1.54) is 11.1 Å². The Labute approximate surface area is 450 Å². The van der Waals surface area contributed by atoms with Crippen LogP contribution in [0, 0.1) is 11.3 Å². The monoisotopic (exact) mass is 1250 g/mol. The van der Waals surface area contributed by atoms with Crippen molar-refractivity contribution in [1.29, 1.82) is 5.26 Å². The van der Waals surface area contributed by atoms with Crippen molar-refractivity contribution in [2.24, 2.45) is 0 Å². The number of nitriles is 1. The van der Waals surface area contributed by atoms with Gasteiger partial charge >= 0.3 is 0 Å². The molecular formula is C48H48Br4ClN13O4S. The molecule has 4 aliphatic heterocycles. The Hall–Kier alpha value is -4.99. The lowest BCUT2D eigenvalue weighted by molar-refractivity contribution is 0.172. The van der Waals surface area contributed by atoms with Crippen molar-refractivity contribution < 1.29 is 17.7 Å². The van der Waals surface area contributed by atoms with Crippen LogP contribution in [0.2, 0.25) is 0 Å². The second kappa shape index (κ2) is 23.3. The molecule has 4 aromatic carbocycles. The van der Waals surface area contributed by atoms with Crippen molar-refractivity contribution in [2.75, 3.05) is 6.26 Å². The first kappa shape index (κ1) is 53.8. The molecule has 0 spiro atoms. The number of nitrogens with zero attached hydrogens (tertiary/aromatic N) is 13. The van der Waals surface area contributed by atoms with Gasteiger partial charge in [0, 0.05) is 12.8 Å². The highest BCUT2D eigenvalue weighted by Gasteiger charge is 2.39. The van der Waals surface area contributed by atoms with Gasteiger partial charge < -0.3 is 5.11 Å². The predicted octanol–water partition coefficient (Wildman–Crippen LogP) is 11.3. The van der Waals surface area contributed by atoms with Gasteiger partial charge in [0.1, 0.15) is 29.8 Å². The molecule has 0 saturated carbocycles. The maximum atomic E-state index is 11.4. The minimum Gasteiger partial charge on any atom is -0.385 e. The van der Waals surface area contributed by atoms with E-state index in [0.717, 1.165) is 41.9 Å². The van der Waals surface area contributed by atoms with Crippen LogP contribution in [0.3, 0.4) is 0 Å². The van der Waals surface area contributed by atoms with E-state index >= 15 is 0 Å². The Morgan fingerprint density at radius 2 is 0.887 bits per heavy atom. The van der Waals surface area contributed by atoms with Crippen molar-refractivity contribution in [2.45, 2.75) is 88.2 Å². The number of fused-ring (bicyclic) bond motifs is 4. The quantitative estimate of drug-likeness (QED) is 0.121. The summed E-state index contributed by atoms with van der Waals surface area (Å²) in [6, 6.07) is 42.8. The normalized spacial score (nSPS) is 22.0. The Kier molecular flexibility index (Phi) is 17.6. The van der Waals surface area contributed by atoms with Crippen LogP contribution in [-0.4, -0.2) is 78.8 Å². The number of alkyl halides is 1. The minimum atomic E-state index is -3.54. The first-order valence-corrected chi connectivity index (χ1v) is 26.9. The average Bonchev–Trinajstić information content (AvgIpc) is 4.24. The molecule has 17 nitrogen and oxygen atoms in total. The molecule has 370 valence electrons. The largest absolute Gasteiger partial charge is 0.385 e. The van der Waals surface area contributed by atoms with Gasteiger partial charge in [-0.2, -0.15) is 13.7 Å². The topological polar surface area (TPSA) is 210 Å². The van der Waals surface area contributed by atoms with Crippen LogP contribution >= 0.6 is 75.3 Å². The van der Waals surface area contributed by atoms with Crippen LogP contribution in [0.1, 0.15) is 134 Å². The van der Waals surface area contributed by atoms with Crippen molar-refractivity contribution in [3.05, 3.63) is 186 Å². The fourth-order valence-corrected chi connectivity index (χ4v) is 11.2. The molecule has 71 heavy (non-hydrogen) atoms. The molecule has 12 rings (SSSR count). The van der Waals surface area contributed by atoms with Gasteiger partial charge in [0.05, 0.1) is 41.9 Å². The van der Waals surface area contributed by atoms with Gasteiger partial charge in [0.25, 0.3) is 10.1 Å². The van der Waals surface area contributed by atoms with E-state index in [9.17, 15) is 13.5 Å². The van der Waals surface area contributed by atoms with Gasteiger partial charge in [-0.15, -0.1) is 32.0 Å². The third-order valence-corrected chi connectivity index (χ3v) is 14.1. The summed E-state index contributed by atoms with van der Waals surface area (Å²) in [5.41, 5.74) is 4.59. The molecule has 8 heterocycles. The zero-order valence-electron chi connectivity index (χ0n) is 36.3. The van der Waals surface area contributed by atoms with Gasteiger partial charge in [-0.1, -0.05) is 136 Å². The second-order valence-corrected chi connectivity index (χ2v) is 21.3. The van der Waals surface area contributed by atoms with Gasteiger partial charge in [-0.05, 0) is 98.8 Å². The minimum absolute atomic E-state index is 0. The molecule has 0 saturated heterocycles. The predicted molar refractivity (Wildman–Crippen MR) is 282 cm³/mol. The summed E-state index contributed by atoms with van der Waals surface area (Å²) < 4.78 is 37.2. The highest BCUT2D eigenvalue weighted by molar-refractivity contribution is 9.11. The summed E-state index contributed by atoms with van der Waals surface area (Å²) in [6.45, 7) is 0. The van der Waals surface area contributed by atoms with E-state index in [4.69, 9.17) is 21.0 Å². The lowest BCUT2D eigenvalue weighted by atomic mass is 10.00. The molecule has 0 radical (unpaired) electrons. The van der Waals surface area contributed by atoms with Gasteiger partial charge in [0.15, 0.2) is 11.6 Å². The number of rotatable bonds is 6. The fraction of sp³-hybridized carbons (Fsp3) is 0.312. The summed E-state index contributed by atoms with van der Waals surface area (Å²) in [6.07, 6.45) is 2.67. The van der Waals surface area contributed by atoms with E-state index < -0.39 is 22.3 Å². The Morgan fingerprint density at radius 3 is 1.32 bits per heavy atom. The average molecular weight is 1260 g/mol. The van der Waals surface area contributed by atoms with E-state index in [2.05, 4.69) is 134 Å². The van der Waals surface area contributed by atoms with Crippen LogP contribution in [-0.2, 0) is 14.3 Å². The summed E-state index contributed by atoms with van der Waals surface area (Å²) in [7, 11) is -3.54. The highest BCUT2D eigenvalue weighted by atomic mass is 79.9. The number of hydrogen-bond donors (Lipinski definition) is 1. The smallest absolute Gasteiger partial charge is 0.265 e. The van der Waals surface area contributed by atoms with E-state index in [-0.39, 0.29) is 50.3 Å². The molecule has 1 N–H and O–H groups in total. The molecule has 8 aromatic rings. The van der Waals surface area contributed by atoms with Crippen LogP contribution in [0.15, 0.2) is 140 Å². The molecule has 0 aliphatic carbocycles. The lowest BCUT2D eigenvalue weighted by Gasteiger charge is -2.12. The molecule has 4 aromatic heterocycles. The van der Waals surface area contributed by atoms with E-state index in [1.807, 2.05) is 106 Å². The molecule has 23 heteroatoms. The van der Waals surface area contributed by atoms with E-state index in [1.54, 1.807) is 9.36 Å². The summed E-state index contributed by atoms with van der Waals surface area (Å²) in [4.78, 5) is 16.9. The van der Waals surface area contributed by atoms with Crippen LogP contribution in [0.5, 0.6) is 0 Å². The standard InChI is InChI=1S/C12H9BrN4.C12H12BrN3O3S.C11H9BrClN3.C11H10BrN3O.2CH4/c13-12-15-11-9(7-14)6-10(17(11)16-12)8-4-2-1-3-5-8;1-20(17,18)19-10-7-9(8-5-3-2-4-6-8)16-11(10)14-12(13)15-16;12-11-14-10-8(13)6-9(16(10)15-11)7-4-2-1-3-5-7;12-11-13-10-9(16)6-8(15(10)14-11)7-4-2-1-3-5-7;;/h1-5,9-10H,6H2;2-6,9-10H,7H2,1H3;1-5,8-9H,6H2;1-5,8-9,16H,6H2;2*1H4/t2*9-,10+;8-,9-;8-,9+;;/m1000../s1. The highest BCUT2D eigenvalue weighted by Crippen LogP contribution is 2.43. The molecular weight excluding hydrogens is 1210 g/mol. The number of aliphatic hydroxyl groups is 1. The number of halogens is 5. The van der Waals surface area contributed by atoms with Crippen molar-refractivity contribution >= 4 is 85.4 Å². The van der Waals surface area contributed by atoms with Crippen LogP contribution in [0.4, 0.5) is 0 Å². The third-order valence-electron chi connectivity index (χ3n) is 11.8. The van der Waals surface area contributed by atoms with Gasteiger partial charge in [-0.25, -0.2) is 38.7 Å². The Bertz CT molecular complexity index is 3100. The van der Waals surface area contributed by atoms with Crippen molar-refractivity contribution in [1.82, 2.24) is 59.1 Å². The molecule has 4 aliphatic rings. The lowest BCUT2D eigenvalue weighted by Crippen LogP contribution is -2.09. The summed E-state index contributed by atoms with van der Waals surface area (Å²) >= 11 is 19.2. The number of hydrogen-bond acceptors (Lipinski definition) is 13. The first-order chi connectivity index (χ1) is 33.2. The number of aliphatic hydroxyl groups excluding tert-OH is 1. The maximum Gasteiger partial charge on any atom is 0.265 e. The van der Waals surface area contributed by atoms with E-state index in [0.29, 0.717) is 43.4 Å². The molecule has 0 fully saturated rings. The first-order valence-electron chi connectivity index (χ1n) is 21.5. The molecule has 8 atom stereocenters. The van der Waals surface area contributed by atoms with Crippen molar-refractivity contribution in [3.63, 3.8) is 0 Å². The summed E-state index contributed by atoms with van der Waals surface area (Å²) in [5, 5.41) is 36.2. The molecule has 0 amide bonds. The number of aromatic nitrogens is 12. The van der Waals surface area contributed by atoms with Crippen LogP contribution < -0.4 is 0 Å². The fourth-order valence-electron chi connectivity index (χ4n) is 8.92. The van der Waals surface area contributed by atoms with Gasteiger partial charge in [-0.3, -0.25) is 4.18 Å². The number of benzene rings is 4. The second-order valence-electron chi connectivity index (χ2n) is 16.3.